The highest BCUT2D eigenvalue weighted by Gasteiger charge is 2.13. The fourth-order valence-corrected chi connectivity index (χ4v) is 3.00. The second kappa shape index (κ2) is 9.18. The second-order valence-electron chi connectivity index (χ2n) is 6.43. The first-order valence-electron chi connectivity index (χ1n) is 9.19. The van der Waals surface area contributed by atoms with Crippen LogP contribution in [0.3, 0.4) is 0 Å². The SMILES string of the molecule is O=C(Cn1nnc(-c2ccccc2)n1)NN=Cc1ccc(-c2ccc([N+](=O)[O-])cc2Cl)o1. The summed E-state index contributed by atoms with van der Waals surface area (Å²) in [5, 5.41) is 26.8. The Balaban J connectivity index is 1.35. The highest BCUT2D eigenvalue weighted by atomic mass is 35.5. The predicted molar refractivity (Wildman–Crippen MR) is 115 cm³/mol. The minimum atomic E-state index is -0.532. The van der Waals surface area contributed by atoms with Crippen LogP contribution in [0.15, 0.2) is 70.2 Å². The van der Waals surface area contributed by atoms with Gasteiger partial charge in [0.05, 0.1) is 16.2 Å². The molecule has 0 saturated heterocycles. The Labute approximate surface area is 185 Å². The number of nitro benzene ring substituents is 1. The van der Waals surface area contributed by atoms with Gasteiger partial charge in [-0.15, -0.1) is 10.2 Å². The monoisotopic (exact) mass is 451 g/mol. The molecule has 4 aromatic rings. The number of nitro groups is 1. The van der Waals surface area contributed by atoms with Crippen molar-refractivity contribution in [1.82, 2.24) is 25.6 Å². The van der Waals surface area contributed by atoms with Crippen molar-refractivity contribution in [2.45, 2.75) is 6.54 Å². The number of hydrazone groups is 1. The van der Waals surface area contributed by atoms with Gasteiger partial charge >= 0.3 is 0 Å². The zero-order chi connectivity index (χ0) is 22.5. The molecule has 2 aromatic heterocycles. The van der Waals surface area contributed by atoms with Crippen molar-refractivity contribution in [3.05, 3.63) is 81.6 Å². The number of aromatic nitrogens is 4. The summed E-state index contributed by atoms with van der Waals surface area (Å²) in [6, 6.07) is 16.6. The lowest BCUT2D eigenvalue weighted by Gasteiger charge is -2.00. The molecule has 1 N–H and O–H groups in total. The maximum atomic E-state index is 12.1. The molecule has 160 valence electrons. The number of nitrogens with one attached hydrogen (secondary N) is 1. The number of non-ortho nitro benzene ring substituents is 1. The Hall–Kier alpha value is -4.38. The molecule has 0 aliphatic carbocycles. The fourth-order valence-electron chi connectivity index (χ4n) is 2.73. The van der Waals surface area contributed by atoms with Crippen molar-refractivity contribution in [3.63, 3.8) is 0 Å². The van der Waals surface area contributed by atoms with Gasteiger partial charge in [-0.1, -0.05) is 41.9 Å². The number of halogens is 1. The number of carbonyl (C=O) groups excluding carboxylic acids is 1. The van der Waals surface area contributed by atoms with Crippen molar-refractivity contribution in [2.24, 2.45) is 5.10 Å². The van der Waals surface area contributed by atoms with Gasteiger partial charge in [-0.2, -0.15) is 9.90 Å². The van der Waals surface area contributed by atoms with E-state index in [0.717, 1.165) is 10.4 Å². The van der Waals surface area contributed by atoms with Crippen molar-refractivity contribution in [1.29, 1.82) is 0 Å². The van der Waals surface area contributed by atoms with Gasteiger partial charge in [0.25, 0.3) is 11.6 Å². The van der Waals surface area contributed by atoms with Crippen LogP contribution in [0.5, 0.6) is 0 Å². The largest absolute Gasteiger partial charge is 0.455 e. The maximum Gasteiger partial charge on any atom is 0.270 e. The van der Waals surface area contributed by atoms with Gasteiger partial charge in [0.15, 0.2) is 0 Å². The summed E-state index contributed by atoms with van der Waals surface area (Å²) >= 11 is 6.11. The van der Waals surface area contributed by atoms with Gasteiger partial charge < -0.3 is 4.42 Å². The molecule has 0 aliphatic heterocycles. The van der Waals surface area contributed by atoms with Crippen LogP contribution in [0.2, 0.25) is 5.02 Å². The van der Waals surface area contributed by atoms with Gasteiger partial charge in [-0.3, -0.25) is 14.9 Å². The molecule has 0 fully saturated rings. The average Bonchev–Trinajstić information content (AvgIpc) is 3.44. The predicted octanol–water partition coefficient (Wildman–Crippen LogP) is 3.31. The van der Waals surface area contributed by atoms with Crippen LogP contribution in [-0.4, -0.2) is 37.3 Å². The van der Waals surface area contributed by atoms with Gasteiger partial charge in [-0.25, -0.2) is 5.43 Å². The highest BCUT2D eigenvalue weighted by molar-refractivity contribution is 6.33. The van der Waals surface area contributed by atoms with Crippen LogP contribution >= 0.6 is 11.6 Å². The first kappa shape index (κ1) is 20.9. The number of benzene rings is 2. The maximum absolute atomic E-state index is 12.1. The molecule has 4 rings (SSSR count). The number of tetrazole rings is 1. The number of nitrogens with zero attached hydrogens (tertiary/aromatic N) is 6. The summed E-state index contributed by atoms with van der Waals surface area (Å²) in [4.78, 5) is 23.5. The molecule has 0 aliphatic rings. The molecule has 0 spiro atoms. The third-order valence-electron chi connectivity index (χ3n) is 4.21. The standard InChI is InChI=1S/C20H14ClN7O4/c21-17-10-14(28(30)31)6-8-16(17)18-9-7-15(32-18)11-22-23-19(29)12-27-25-20(24-26-27)13-4-2-1-3-5-13/h1-11H,12H2,(H,23,29). The molecular weight excluding hydrogens is 438 g/mol. The van der Waals surface area contributed by atoms with E-state index in [1.165, 1.54) is 24.4 Å². The van der Waals surface area contributed by atoms with Crippen LogP contribution in [0, 0.1) is 10.1 Å². The molecule has 1 amide bonds. The first-order valence-corrected chi connectivity index (χ1v) is 9.56. The molecule has 32 heavy (non-hydrogen) atoms. The number of furan rings is 1. The van der Waals surface area contributed by atoms with E-state index in [1.54, 1.807) is 12.1 Å². The third-order valence-corrected chi connectivity index (χ3v) is 4.52. The van der Waals surface area contributed by atoms with Crippen molar-refractivity contribution < 1.29 is 14.1 Å². The molecule has 0 radical (unpaired) electrons. The van der Waals surface area contributed by atoms with Crippen molar-refractivity contribution in [2.75, 3.05) is 0 Å². The van der Waals surface area contributed by atoms with E-state index >= 15 is 0 Å². The Morgan fingerprint density at radius 2 is 2.03 bits per heavy atom. The van der Waals surface area contributed by atoms with E-state index in [-0.39, 0.29) is 17.3 Å². The number of hydrogen-bond acceptors (Lipinski definition) is 8. The smallest absolute Gasteiger partial charge is 0.270 e. The van der Waals surface area contributed by atoms with Crippen molar-refractivity contribution >= 4 is 29.4 Å². The lowest BCUT2D eigenvalue weighted by Crippen LogP contribution is -2.24. The zero-order valence-corrected chi connectivity index (χ0v) is 17.0. The normalized spacial score (nSPS) is 11.0. The van der Waals surface area contributed by atoms with Crippen LogP contribution in [0.4, 0.5) is 5.69 Å². The van der Waals surface area contributed by atoms with E-state index in [2.05, 4.69) is 25.9 Å². The van der Waals surface area contributed by atoms with E-state index in [0.29, 0.717) is 22.9 Å². The molecule has 2 aromatic carbocycles. The summed E-state index contributed by atoms with van der Waals surface area (Å²) in [5.74, 6) is 0.705. The second-order valence-corrected chi connectivity index (χ2v) is 6.83. The highest BCUT2D eigenvalue weighted by Crippen LogP contribution is 2.32. The lowest BCUT2D eigenvalue weighted by molar-refractivity contribution is -0.384. The topological polar surface area (TPSA) is 141 Å². The summed E-state index contributed by atoms with van der Waals surface area (Å²) in [6.07, 6.45) is 1.31. The minimum Gasteiger partial charge on any atom is -0.455 e. The molecule has 11 nitrogen and oxygen atoms in total. The zero-order valence-electron chi connectivity index (χ0n) is 16.3. The number of carbonyl (C=O) groups is 1. The van der Waals surface area contributed by atoms with E-state index in [1.807, 2.05) is 30.3 Å². The molecule has 0 atom stereocenters. The van der Waals surface area contributed by atoms with Crippen LogP contribution in [0.25, 0.3) is 22.7 Å². The average molecular weight is 452 g/mol. The van der Waals surface area contributed by atoms with Gasteiger partial charge in [0, 0.05) is 23.3 Å². The summed E-state index contributed by atoms with van der Waals surface area (Å²) in [5.41, 5.74) is 3.52. The molecule has 0 unspecified atom stereocenters. The molecule has 0 saturated carbocycles. The summed E-state index contributed by atoms with van der Waals surface area (Å²) in [6.45, 7) is -0.168. The Bertz CT molecular complexity index is 1300. The van der Waals surface area contributed by atoms with Crippen molar-refractivity contribution in [3.8, 4) is 22.7 Å². The quantitative estimate of drug-likeness (QED) is 0.258. The minimum absolute atomic E-state index is 0.118. The van der Waals surface area contributed by atoms with Gasteiger partial charge in [0.2, 0.25) is 5.82 Å². The molecule has 12 heteroatoms. The van der Waals surface area contributed by atoms with E-state index < -0.39 is 10.8 Å². The van der Waals surface area contributed by atoms with E-state index in [4.69, 9.17) is 16.0 Å². The number of amides is 1. The Kier molecular flexibility index (Phi) is 5.99. The Morgan fingerprint density at radius 3 is 2.78 bits per heavy atom. The molecule has 2 heterocycles. The molecule has 0 bridgehead atoms. The summed E-state index contributed by atoms with van der Waals surface area (Å²) in [7, 11) is 0. The van der Waals surface area contributed by atoms with E-state index in [9.17, 15) is 14.9 Å². The van der Waals surface area contributed by atoms with Crippen LogP contribution in [-0.2, 0) is 11.3 Å². The van der Waals surface area contributed by atoms with Gasteiger partial charge in [0.1, 0.15) is 18.1 Å². The van der Waals surface area contributed by atoms with Gasteiger partial charge in [-0.05, 0) is 23.4 Å². The number of rotatable bonds is 7. The van der Waals surface area contributed by atoms with Crippen LogP contribution < -0.4 is 5.43 Å². The fraction of sp³-hybridized carbons (Fsp3) is 0.0500. The summed E-state index contributed by atoms with van der Waals surface area (Å²) < 4.78 is 5.61. The van der Waals surface area contributed by atoms with Crippen LogP contribution in [0.1, 0.15) is 5.76 Å². The third kappa shape index (κ3) is 4.84. The lowest BCUT2D eigenvalue weighted by atomic mass is 10.1. The Morgan fingerprint density at radius 1 is 1.22 bits per heavy atom. The first-order chi connectivity index (χ1) is 15.5. The molecular formula is C20H14ClN7O4. The number of hydrogen-bond donors (Lipinski definition) is 1.